The predicted octanol–water partition coefficient (Wildman–Crippen LogP) is 2.03. The van der Waals surface area contributed by atoms with Gasteiger partial charge in [-0.15, -0.1) is 0 Å². The number of ether oxygens (including phenoxy) is 7. The Balaban J connectivity index is 2.14. The van der Waals surface area contributed by atoms with Gasteiger partial charge in [0.2, 0.25) is 0 Å². The Morgan fingerprint density at radius 3 is 1.81 bits per heavy atom. The van der Waals surface area contributed by atoms with Gasteiger partial charge >= 0.3 is 35.8 Å². The van der Waals surface area contributed by atoms with Crippen LogP contribution >= 0.6 is 0 Å². The molecule has 4 aliphatic rings. The van der Waals surface area contributed by atoms with Gasteiger partial charge in [0.25, 0.3) is 0 Å². The Morgan fingerprint density at radius 2 is 1.30 bits per heavy atom. The Bertz CT molecular complexity index is 1310. The van der Waals surface area contributed by atoms with Crippen LogP contribution in [0.2, 0.25) is 0 Å². The van der Waals surface area contributed by atoms with Crippen molar-refractivity contribution in [3.05, 3.63) is 23.3 Å². The van der Waals surface area contributed by atoms with Gasteiger partial charge in [-0.1, -0.05) is 18.6 Å². The summed E-state index contributed by atoms with van der Waals surface area (Å²) in [6.45, 7) is 12.4. The lowest BCUT2D eigenvalue weighted by Gasteiger charge is -2.54. The average molecular weight is 607 g/mol. The van der Waals surface area contributed by atoms with E-state index in [1.165, 1.54) is 26.8 Å². The summed E-state index contributed by atoms with van der Waals surface area (Å²) in [6.07, 6.45) is -4.28. The molecule has 10 atom stereocenters. The smallest absolute Gasteiger partial charge is 0.342 e. The van der Waals surface area contributed by atoms with E-state index in [9.17, 15) is 28.8 Å². The van der Waals surface area contributed by atoms with E-state index >= 15 is 0 Å². The molecule has 0 N–H and O–H groups in total. The fourth-order valence-electron chi connectivity index (χ4n) is 7.19. The van der Waals surface area contributed by atoms with E-state index in [0.29, 0.717) is 5.57 Å². The summed E-state index contributed by atoms with van der Waals surface area (Å²) in [4.78, 5) is 76.2. The molecule has 0 saturated carbocycles. The van der Waals surface area contributed by atoms with Crippen LogP contribution in [0.4, 0.5) is 0 Å². The highest BCUT2D eigenvalue weighted by Gasteiger charge is 2.87. The number of carbonyl (C=O) groups is 6. The van der Waals surface area contributed by atoms with Gasteiger partial charge < -0.3 is 33.2 Å². The molecule has 2 saturated heterocycles. The molecule has 2 unspecified atom stereocenters. The van der Waals surface area contributed by atoms with Gasteiger partial charge in [0, 0.05) is 47.0 Å². The van der Waals surface area contributed by atoms with Crippen molar-refractivity contribution in [2.24, 2.45) is 11.3 Å². The van der Waals surface area contributed by atoms with Crippen LogP contribution in [-0.2, 0) is 61.9 Å². The molecule has 13 nitrogen and oxygen atoms in total. The van der Waals surface area contributed by atoms with Gasteiger partial charge in [-0.25, -0.2) is 4.79 Å². The van der Waals surface area contributed by atoms with Crippen molar-refractivity contribution in [1.29, 1.82) is 0 Å². The topological polar surface area (TPSA) is 170 Å². The Morgan fingerprint density at radius 1 is 0.767 bits per heavy atom. The second-order valence-electron chi connectivity index (χ2n) is 12.0. The molecular weight excluding hydrogens is 568 g/mol. The second-order valence-corrected chi connectivity index (χ2v) is 12.0. The maximum atomic E-state index is 13.2. The van der Waals surface area contributed by atoms with E-state index in [1.54, 1.807) is 26.8 Å². The number of fused-ring (bicyclic) bond motifs is 1. The molecule has 2 heterocycles. The summed E-state index contributed by atoms with van der Waals surface area (Å²) in [5.41, 5.74) is -3.74. The molecule has 2 fully saturated rings. The first kappa shape index (κ1) is 32.2. The van der Waals surface area contributed by atoms with E-state index in [0.717, 1.165) is 20.8 Å². The molecule has 0 amide bonds. The first-order chi connectivity index (χ1) is 19.9. The fourth-order valence-corrected chi connectivity index (χ4v) is 7.19. The highest BCUT2D eigenvalue weighted by atomic mass is 16.7. The lowest BCUT2D eigenvalue weighted by Crippen LogP contribution is -2.66. The molecule has 13 heteroatoms. The minimum Gasteiger partial charge on any atom is -0.461 e. The van der Waals surface area contributed by atoms with Crippen LogP contribution in [0.25, 0.3) is 0 Å². The van der Waals surface area contributed by atoms with Crippen molar-refractivity contribution < 1.29 is 61.9 Å². The molecule has 0 aromatic carbocycles. The van der Waals surface area contributed by atoms with Crippen LogP contribution in [0.15, 0.2) is 23.3 Å². The molecule has 2 aliphatic heterocycles. The van der Waals surface area contributed by atoms with Crippen LogP contribution in [0.3, 0.4) is 0 Å². The number of epoxide rings is 1. The van der Waals surface area contributed by atoms with Crippen molar-refractivity contribution in [1.82, 2.24) is 0 Å². The number of carbonyl (C=O) groups excluding carboxylic acids is 6. The molecule has 236 valence electrons. The standard InChI is InChI=1S/C30H38O13/c1-13-10-11-20(37-15(3)31)28(8)22(13)25(40-18(6)34)30-21(42-27(36)29(30,9)43-30)12-14(2)23(38-16(4)32)24(39-17(5)33)26(28)41-19(7)35/h10,12,20-26H,11H2,1-9H3/b14-12-/t20-,21-,22+,23?,24+,25?,26-,28-,29-,30-/m1/s1. The molecule has 4 rings (SSSR count). The monoisotopic (exact) mass is 606 g/mol. The van der Waals surface area contributed by atoms with E-state index < -0.39 is 95.0 Å². The average Bonchev–Trinajstić information content (AvgIpc) is 3.46. The minimum atomic E-state index is -1.56. The zero-order chi connectivity index (χ0) is 32.2. The lowest BCUT2D eigenvalue weighted by atomic mass is 9.56. The third-order valence-electron chi connectivity index (χ3n) is 8.92. The fraction of sp³-hybridized carbons (Fsp3) is 0.667. The van der Waals surface area contributed by atoms with Crippen molar-refractivity contribution in [2.45, 2.75) is 117 Å². The van der Waals surface area contributed by atoms with Crippen molar-refractivity contribution in [3.63, 3.8) is 0 Å². The van der Waals surface area contributed by atoms with E-state index in [4.69, 9.17) is 33.2 Å². The molecule has 2 aliphatic carbocycles. The zero-order valence-electron chi connectivity index (χ0n) is 25.7. The van der Waals surface area contributed by atoms with Gasteiger partial charge in [0.15, 0.2) is 35.6 Å². The third-order valence-corrected chi connectivity index (χ3v) is 8.92. The van der Waals surface area contributed by atoms with E-state index in [1.807, 2.05) is 0 Å². The molecule has 0 aromatic heterocycles. The molecular formula is C30H38O13. The highest BCUT2D eigenvalue weighted by molar-refractivity contribution is 5.89. The lowest BCUT2D eigenvalue weighted by molar-refractivity contribution is -0.223. The van der Waals surface area contributed by atoms with Gasteiger partial charge in [-0.05, 0) is 32.4 Å². The molecule has 0 bridgehead atoms. The van der Waals surface area contributed by atoms with Gasteiger partial charge in [-0.3, -0.25) is 24.0 Å². The van der Waals surface area contributed by atoms with E-state index in [-0.39, 0.29) is 12.0 Å². The van der Waals surface area contributed by atoms with Gasteiger partial charge in [-0.2, -0.15) is 0 Å². The first-order valence-electron chi connectivity index (χ1n) is 14.0. The van der Waals surface area contributed by atoms with E-state index in [2.05, 4.69) is 0 Å². The Labute approximate surface area is 249 Å². The molecule has 0 aromatic rings. The van der Waals surface area contributed by atoms with Crippen LogP contribution in [-0.4, -0.2) is 83.6 Å². The van der Waals surface area contributed by atoms with Crippen molar-refractivity contribution >= 4 is 35.8 Å². The Hall–Kier alpha value is -3.74. The molecule has 43 heavy (non-hydrogen) atoms. The molecule has 0 radical (unpaired) electrons. The summed E-state index contributed by atoms with van der Waals surface area (Å²) >= 11 is 0. The van der Waals surface area contributed by atoms with Crippen LogP contribution in [0, 0.1) is 11.3 Å². The summed E-state index contributed by atoms with van der Waals surface area (Å²) in [5, 5.41) is 0. The van der Waals surface area contributed by atoms with Crippen molar-refractivity contribution in [2.75, 3.05) is 0 Å². The summed E-state index contributed by atoms with van der Waals surface area (Å²) in [5.74, 6) is -5.32. The minimum absolute atomic E-state index is 0.146. The maximum Gasteiger partial charge on any atom is 0.342 e. The number of hydrogen-bond acceptors (Lipinski definition) is 13. The summed E-state index contributed by atoms with van der Waals surface area (Å²) in [6, 6.07) is 0. The highest BCUT2D eigenvalue weighted by Crippen LogP contribution is 2.65. The maximum absolute atomic E-state index is 13.2. The van der Waals surface area contributed by atoms with Gasteiger partial charge in [0.1, 0.15) is 12.2 Å². The normalized spacial score (nSPS) is 40.9. The SMILES string of the molecule is CC(=O)OC1/C(C)=C\[C@H]2OC(=O)[C@@]3(C)O[C@@]23C(OC(C)=O)[C@@H]2C(C)=CC[C@@H](OC(C)=O)[C@@]2(C)[C@H](OC(C)=O)[C@H]1OC(C)=O. The summed E-state index contributed by atoms with van der Waals surface area (Å²) < 4.78 is 41.2. The quantitative estimate of drug-likeness (QED) is 0.193. The predicted molar refractivity (Wildman–Crippen MR) is 144 cm³/mol. The van der Waals surface area contributed by atoms with Crippen LogP contribution in [0.5, 0.6) is 0 Å². The number of rotatable bonds is 5. The molecule has 1 spiro atoms. The van der Waals surface area contributed by atoms with Crippen molar-refractivity contribution in [3.8, 4) is 0 Å². The largest absolute Gasteiger partial charge is 0.461 e. The number of esters is 6. The zero-order valence-corrected chi connectivity index (χ0v) is 25.7. The van der Waals surface area contributed by atoms with Crippen LogP contribution in [0.1, 0.15) is 68.7 Å². The Kier molecular flexibility index (Phi) is 8.29. The first-order valence-corrected chi connectivity index (χ1v) is 14.0. The summed E-state index contributed by atoms with van der Waals surface area (Å²) in [7, 11) is 0. The third kappa shape index (κ3) is 5.21. The van der Waals surface area contributed by atoms with Gasteiger partial charge in [0.05, 0.1) is 5.41 Å². The second kappa shape index (κ2) is 11.1. The van der Waals surface area contributed by atoms with Crippen LogP contribution < -0.4 is 0 Å². The number of hydrogen-bond donors (Lipinski definition) is 0.